The predicted octanol–water partition coefficient (Wildman–Crippen LogP) is 7.41. The largest absolute Gasteiger partial charge is 0.531 e. The number of ether oxygens (including phenoxy) is 1. The summed E-state index contributed by atoms with van der Waals surface area (Å²) in [6.07, 6.45) is 2.35. The number of benzene rings is 4. The molecule has 6 nitrogen and oxygen atoms in total. The van der Waals surface area contributed by atoms with E-state index in [0.717, 1.165) is 27.1 Å². The van der Waals surface area contributed by atoms with Crippen LogP contribution < -0.4 is 19.5 Å². The van der Waals surface area contributed by atoms with Crippen molar-refractivity contribution in [2.45, 2.75) is 100 Å². The lowest BCUT2D eigenvalue weighted by Crippen LogP contribution is -2.78. The maximum Gasteiger partial charge on any atom is 0.320 e. The monoisotopic (exact) mass is 786 g/mol. The van der Waals surface area contributed by atoms with Gasteiger partial charge in [-0.25, -0.2) is 8.78 Å². The quantitative estimate of drug-likeness (QED) is 0.170. The first-order valence-electron chi connectivity index (χ1n) is 20.7. The maximum absolute atomic E-state index is 14.7. The van der Waals surface area contributed by atoms with E-state index >= 15 is 0 Å². The van der Waals surface area contributed by atoms with E-state index in [9.17, 15) is 18.7 Å². The lowest BCUT2D eigenvalue weighted by Gasteiger charge is -2.70. The van der Waals surface area contributed by atoms with E-state index in [-0.39, 0.29) is 17.0 Å². The molecule has 0 unspecified atom stereocenters. The fraction of sp³-hybridized carbons (Fsp3) is 0.438. The molecule has 57 heavy (non-hydrogen) atoms. The number of carbonyl (C=O) groups is 1. The van der Waals surface area contributed by atoms with Crippen LogP contribution in [-0.4, -0.2) is 73.4 Å². The molecule has 3 fully saturated rings. The number of hydrogen-bond donors (Lipinski definition) is 1. The van der Waals surface area contributed by atoms with Crippen LogP contribution in [0, 0.1) is 10.8 Å². The number of halogens is 2. The number of carbonyl (C=O) groups excluding carboxylic acids is 1. The van der Waals surface area contributed by atoms with E-state index in [1.54, 1.807) is 11.9 Å². The lowest BCUT2D eigenvalue weighted by atomic mass is 9.38. The van der Waals surface area contributed by atoms with Crippen LogP contribution in [0.5, 0.6) is 11.5 Å². The number of nitrogens with zero attached hydrogens (tertiary/aromatic N) is 2. The van der Waals surface area contributed by atoms with Gasteiger partial charge < -0.3 is 19.2 Å². The second-order valence-electron chi connectivity index (χ2n) is 18.9. The molecule has 11 rings (SSSR count). The van der Waals surface area contributed by atoms with Crippen LogP contribution in [0.3, 0.4) is 0 Å². The van der Waals surface area contributed by atoms with Crippen molar-refractivity contribution in [3.8, 4) is 11.5 Å². The van der Waals surface area contributed by atoms with Crippen LogP contribution in [0.1, 0.15) is 69.6 Å². The molecule has 0 radical (unpaired) electrons. The molecule has 4 aromatic rings. The number of fused-ring (bicyclic) bond motifs is 1. The summed E-state index contributed by atoms with van der Waals surface area (Å²) in [4.78, 5) is 18.8. The Hall–Kier alpha value is -4.31. The lowest BCUT2D eigenvalue weighted by molar-refractivity contribution is -0.190. The van der Waals surface area contributed by atoms with E-state index < -0.39 is 42.7 Å². The molecule has 1 saturated heterocycles. The summed E-state index contributed by atoms with van der Waals surface area (Å²) in [6, 6.07) is 35.1. The molecule has 7 aliphatic rings. The molecule has 5 aliphatic carbocycles. The molecule has 2 heterocycles. The average Bonchev–Trinajstić information content (AvgIpc) is 3.91. The van der Waals surface area contributed by atoms with E-state index in [1.165, 1.54) is 0 Å². The summed E-state index contributed by atoms with van der Waals surface area (Å²) in [5.41, 5.74) is -0.203. The van der Waals surface area contributed by atoms with Crippen molar-refractivity contribution in [1.82, 2.24) is 9.80 Å². The van der Waals surface area contributed by atoms with Crippen molar-refractivity contribution in [3.05, 3.63) is 131 Å². The normalized spacial score (nSPS) is 29.0. The molecule has 9 heteroatoms. The van der Waals surface area contributed by atoms with Crippen molar-refractivity contribution in [2.24, 2.45) is 10.8 Å². The Morgan fingerprint density at radius 2 is 1.54 bits per heavy atom. The highest BCUT2D eigenvalue weighted by atomic mass is 28.4. The van der Waals surface area contributed by atoms with Crippen LogP contribution in [0.4, 0.5) is 8.78 Å². The standard InChI is InChI=1S/C48H52F2N2O4Si/c1-44(2,3)57(34-16-10-6-11-17-34,35-18-12-7-13-19-35)56-37-21-20-33-28-38-46-24-25-48(54,36(29-46)41(53)51(4)30-32-14-8-5-9-15-32)42-47(46,39(33)40(37)55-42)26-27-52(38)31-45(22-23-45)43(49)50/h5-21,29,38,42-43,54H,22-28,30-31H2,1-4H3/t38-,42-,46-,47+,48-/m1/s1. The van der Waals surface area contributed by atoms with Gasteiger partial charge in [0, 0.05) is 48.1 Å². The molecular formula is C48H52F2N2O4Si. The molecular weight excluding hydrogens is 735 g/mol. The molecule has 5 atom stereocenters. The summed E-state index contributed by atoms with van der Waals surface area (Å²) >= 11 is 0. The van der Waals surface area contributed by atoms with Gasteiger partial charge in [-0.15, -0.1) is 0 Å². The van der Waals surface area contributed by atoms with Crippen LogP contribution in [0.2, 0.25) is 5.04 Å². The molecule has 4 bridgehead atoms. The van der Waals surface area contributed by atoms with E-state index in [1.807, 2.05) is 42.5 Å². The third-order valence-electron chi connectivity index (χ3n) is 15.0. The molecule has 2 aliphatic heterocycles. The summed E-state index contributed by atoms with van der Waals surface area (Å²) < 4.78 is 44.3. The second kappa shape index (κ2) is 12.6. The minimum absolute atomic E-state index is 0.123. The number of amides is 1. The highest BCUT2D eigenvalue weighted by Gasteiger charge is 2.79. The molecule has 1 N–H and O–H groups in total. The van der Waals surface area contributed by atoms with Gasteiger partial charge in [-0.1, -0.05) is 124 Å². The van der Waals surface area contributed by atoms with E-state index in [0.29, 0.717) is 75.2 Å². The number of hydrogen-bond acceptors (Lipinski definition) is 5. The van der Waals surface area contributed by atoms with Gasteiger partial charge in [-0.2, -0.15) is 0 Å². The summed E-state index contributed by atoms with van der Waals surface area (Å²) in [5, 5.41) is 15.2. The molecule has 2 spiro atoms. The molecule has 296 valence electrons. The van der Waals surface area contributed by atoms with Gasteiger partial charge in [0.1, 0.15) is 17.5 Å². The summed E-state index contributed by atoms with van der Waals surface area (Å²) in [6.45, 7) is 8.13. The van der Waals surface area contributed by atoms with Crippen molar-refractivity contribution in [2.75, 3.05) is 20.1 Å². The topological polar surface area (TPSA) is 62.2 Å². The number of piperidine rings is 1. The first kappa shape index (κ1) is 37.0. The second-order valence-corrected chi connectivity index (χ2v) is 23.2. The van der Waals surface area contributed by atoms with Crippen LogP contribution in [0.25, 0.3) is 0 Å². The number of rotatable bonds is 10. The predicted molar refractivity (Wildman–Crippen MR) is 220 cm³/mol. The van der Waals surface area contributed by atoms with Crippen molar-refractivity contribution in [3.63, 3.8) is 0 Å². The number of aliphatic hydroxyl groups is 1. The molecule has 2 saturated carbocycles. The number of likely N-dealkylation sites (tertiary alicyclic amines) is 1. The molecule has 4 aromatic carbocycles. The first-order chi connectivity index (χ1) is 27.3. The van der Waals surface area contributed by atoms with E-state index in [2.05, 4.69) is 92.4 Å². The van der Waals surface area contributed by atoms with Gasteiger partial charge in [0.15, 0.2) is 5.75 Å². The maximum atomic E-state index is 14.7. The fourth-order valence-electron chi connectivity index (χ4n) is 12.2. The smallest absolute Gasteiger partial charge is 0.320 e. The van der Waals surface area contributed by atoms with Crippen molar-refractivity contribution < 1.29 is 27.8 Å². The Bertz CT molecular complexity index is 2220. The Labute approximate surface area is 335 Å². The van der Waals surface area contributed by atoms with Gasteiger partial charge in [0.05, 0.1) is 5.41 Å². The third-order valence-corrected chi connectivity index (χ3v) is 20.0. The third kappa shape index (κ3) is 5.00. The average molecular weight is 787 g/mol. The molecule has 1 amide bonds. The highest BCUT2D eigenvalue weighted by Crippen LogP contribution is 2.75. The Morgan fingerprint density at radius 3 is 2.14 bits per heavy atom. The minimum atomic E-state index is -3.09. The van der Waals surface area contributed by atoms with Crippen LogP contribution >= 0.6 is 0 Å². The summed E-state index contributed by atoms with van der Waals surface area (Å²) in [5.74, 6) is 1.11. The van der Waals surface area contributed by atoms with Crippen LogP contribution in [-0.2, 0) is 23.2 Å². The highest BCUT2D eigenvalue weighted by molar-refractivity contribution is 7.00. The van der Waals surface area contributed by atoms with Crippen molar-refractivity contribution in [1.29, 1.82) is 0 Å². The Balaban J connectivity index is 1.14. The van der Waals surface area contributed by atoms with Gasteiger partial charge in [-0.3, -0.25) is 9.69 Å². The zero-order chi connectivity index (χ0) is 39.6. The van der Waals surface area contributed by atoms with Crippen LogP contribution in [0.15, 0.2) is 115 Å². The number of alkyl halides is 2. The van der Waals surface area contributed by atoms with Gasteiger partial charge >= 0.3 is 8.32 Å². The van der Waals surface area contributed by atoms with Gasteiger partial charge in [0.2, 0.25) is 6.43 Å². The first-order valence-corrected chi connectivity index (χ1v) is 22.6. The van der Waals surface area contributed by atoms with E-state index in [4.69, 9.17) is 9.16 Å². The van der Waals surface area contributed by atoms with Gasteiger partial charge in [-0.05, 0) is 77.7 Å². The zero-order valence-corrected chi connectivity index (χ0v) is 34.3. The zero-order valence-electron chi connectivity index (χ0n) is 33.3. The fourth-order valence-corrected chi connectivity index (χ4v) is 16.6. The number of likely N-dealkylation sites (N-methyl/N-ethyl adjacent to an activating group) is 1. The van der Waals surface area contributed by atoms with Crippen molar-refractivity contribution >= 4 is 24.6 Å². The SMILES string of the molecule is CN(Cc1ccccc1)C(=O)C1=C[C@@]23CC[C@]1(O)[C@@H]1Oc4c(O[Si](c5ccccc5)(c5ccccc5)C(C)(C)C)ccc5c4[C@@]12CCN(CC1(C(F)F)CC1)[C@@H]3C5. The Kier molecular flexibility index (Phi) is 8.17. The summed E-state index contributed by atoms with van der Waals surface area (Å²) in [7, 11) is -1.30. The van der Waals surface area contributed by atoms with Gasteiger partial charge in [0.25, 0.3) is 5.91 Å². The molecule has 0 aromatic heterocycles. The Morgan fingerprint density at radius 1 is 0.912 bits per heavy atom. The minimum Gasteiger partial charge on any atom is -0.531 e.